The molecule has 0 N–H and O–H groups in total. The zero-order valence-electron chi connectivity index (χ0n) is 55.6. The van der Waals surface area contributed by atoms with Gasteiger partial charge in [-0.05, 0) is 98.0 Å². The van der Waals surface area contributed by atoms with E-state index in [9.17, 15) is 9.59 Å². The fourth-order valence-electron chi connectivity index (χ4n) is 13.6. The molecule has 4 heterocycles. The molecule has 1 radical (unpaired) electrons. The van der Waals surface area contributed by atoms with Crippen LogP contribution in [0.25, 0.3) is 133 Å². The second-order valence-corrected chi connectivity index (χ2v) is 24.7. The summed E-state index contributed by atoms with van der Waals surface area (Å²) in [5.41, 5.74) is 19.7. The second-order valence-electron chi connectivity index (χ2n) is 24.7. The monoisotopic (exact) mass is 1490 g/mol. The van der Waals surface area contributed by atoms with Crippen LogP contribution < -0.4 is 9.80 Å². The van der Waals surface area contributed by atoms with Crippen molar-refractivity contribution < 1.29 is 29.7 Å². The molecule has 0 fully saturated rings. The Balaban J connectivity index is 0.000000150. The van der Waals surface area contributed by atoms with Crippen LogP contribution in [0.1, 0.15) is 20.3 Å². The first kappa shape index (κ1) is 65.2. The number of rotatable bonds is 14. The van der Waals surface area contributed by atoms with Crippen molar-refractivity contribution in [2.24, 2.45) is 0 Å². The second kappa shape index (κ2) is 29.0. The van der Waals surface area contributed by atoms with E-state index in [1.54, 1.807) is 0 Å². The van der Waals surface area contributed by atoms with Gasteiger partial charge in [-0.2, -0.15) is 0 Å². The van der Waals surface area contributed by atoms with Crippen LogP contribution in [-0.4, -0.2) is 41.5 Å². The van der Waals surface area contributed by atoms with E-state index in [1.807, 2.05) is 60.7 Å². The van der Waals surface area contributed by atoms with Crippen LogP contribution in [-0.2, 0) is 29.7 Å². The molecule has 0 aliphatic carbocycles. The molecule has 102 heavy (non-hydrogen) atoms. The first-order valence-electron chi connectivity index (χ1n) is 33.5. The number of Topliss-reactive ketones (excluding diaryl/α,β-unsaturated/α-hetero) is 2. The van der Waals surface area contributed by atoms with E-state index in [2.05, 4.69) is 289 Å². The molecule has 10 nitrogen and oxygen atoms in total. The Hall–Kier alpha value is -12.8. The van der Waals surface area contributed by atoms with Gasteiger partial charge in [-0.15, -0.1) is 59.7 Å². The summed E-state index contributed by atoms with van der Waals surface area (Å²) in [5, 5.41) is 8.74. The number of ketones is 2. The van der Waals surface area contributed by atoms with Crippen LogP contribution >= 0.6 is 0 Å². The molecule has 0 bridgehead atoms. The van der Waals surface area contributed by atoms with Crippen molar-refractivity contribution in [2.75, 3.05) is 9.80 Å². The molecule has 0 unspecified atom stereocenters. The van der Waals surface area contributed by atoms with Gasteiger partial charge in [0.2, 0.25) is 0 Å². The van der Waals surface area contributed by atoms with E-state index in [0.717, 1.165) is 155 Å². The number of anilines is 6. The largest absolute Gasteiger partial charge is 0.328 e. The molecule has 0 amide bonds. The van der Waals surface area contributed by atoms with Crippen LogP contribution in [0, 0.1) is 12.1 Å². The Labute approximate surface area is 604 Å². The molecule has 4 aromatic heterocycles. The van der Waals surface area contributed by atoms with E-state index in [0.29, 0.717) is 11.6 Å². The van der Waals surface area contributed by atoms with Crippen molar-refractivity contribution in [1.82, 2.24) is 29.9 Å². The zero-order chi connectivity index (χ0) is 68.2. The summed E-state index contributed by atoms with van der Waals surface area (Å²) < 4.78 is 0. The van der Waals surface area contributed by atoms with Crippen molar-refractivity contribution in [3.8, 4) is 67.8 Å². The molecular weight excluding hydrogens is 1430 g/mol. The van der Waals surface area contributed by atoms with Gasteiger partial charge in [0.1, 0.15) is 11.6 Å². The van der Waals surface area contributed by atoms with E-state index in [-0.39, 0.29) is 38.1 Å². The number of aromatic nitrogens is 6. The molecule has 18 aromatic rings. The van der Waals surface area contributed by atoms with E-state index in [1.165, 1.54) is 13.8 Å². The molecule has 0 spiro atoms. The zero-order valence-corrected chi connectivity index (χ0v) is 58.0. The SMILES string of the molecule is CC(=O)CC(C)=O.[Ir].[c-]1ccc(N(c2ccccc2)c2ccccc2)cc1-c1nc2ccc3c(-c4ccccc4)nc(-c4ccccc4)c4ccc(n1)c2c34.[c-]1ccc(N(c2ccccc2)c2ccccc2)cc1-c1nc2ccc3c(-c4ccccc4)nc(-c4ccccc4)c4ccc(n1)c2c34. The Morgan fingerprint density at radius 3 is 0.765 bits per heavy atom. The number of carbonyl (C=O) groups excluding carboxylic acids is 2. The number of para-hydroxylation sites is 4. The fourth-order valence-corrected chi connectivity index (χ4v) is 13.6. The van der Waals surface area contributed by atoms with Gasteiger partial charge in [-0.1, -0.05) is 218 Å². The molecule has 14 aromatic carbocycles. The Bertz CT molecular complexity index is 5320. The third kappa shape index (κ3) is 13.0. The predicted molar refractivity (Wildman–Crippen MR) is 413 cm³/mol. The van der Waals surface area contributed by atoms with Gasteiger partial charge in [-0.25, -0.2) is 9.97 Å². The van der Waals surface area contributed by atoms with Gasteiger partial charge in [0.05, 0.1) is 62.9 Å². The number of nitrogens with zero attached hydrogens (tertiary/aromatic N) is 8. The van der Waals surface area contributed by atoms with E-state index >= 15 is 0 Å². The summed E-state index contributed by atoms with van der Waals surface area (Å²) in [7, 11) is 0. The Morgan fingerprint density at radius 1 is 0.284 bits per heavy atom. The van der Waals surface area contributed by atoms with Gasteiger partial charge in [0, 0.05) is 108 Å². The maximum atomic E-state index is 10.0. The summed E-state index contributed by atoms with van der Waals surface area (Å²) in [4.78, 5) is 55.8. The standard InChI is InChI=1S/2C43H27N4.C5H8O2.Ir/c2*1-5-14-29(15-6-1)41-35-24-26-37-40-38(27-25-36(39(35)40)42(46-41)30-16-7-2-8-17-30)45-43(44-37)31-18-13-23-34(28-31)47(32-19-9-3-10-20-32)33-21-11-4-12-22-33;1-4(6)3-5(2)7;/h2*1-17,19-28H;3H2,1-2H3;/q2*-1;;. The molecule has 11 heteroatoms. The van der Waals surface area contributed by atoms with Gasteiger partial charge in [0.15, 0.2) is 0 Å². The Kier molecular flexibility index (Phi) is 18.5. The summed E-state index contributed by atoms with van der Waals surface area (Å²) in [5.74, 6) is 1.16. The minimum absolute atomic E-state index is 0. The van der Waals surface area contributed by atoms with E-state index < -0.39 is 0 Å². The van der Waals surface area contributed by atoms with Crippen molar-refractivity contribution in [3.63, 3.8) is 0 Å². The average molecular weight is 1490 g/mol. The first-order valence-corrected chi connectivity index (χ1v) is 33.5. The molecule has 0 saturated carbocycles. The average Bonchev–Trinajstić information content (AvgIpc) is 0.725. The molecule has 18 rings (SSSR count). The van der Waals surface area contributed by atoms with Crippen molar-refractivity contribution >= 4 is 111 Å². The predicted octanol–water partition coefficient (Wildman–Crippen LogP) is 22.6. The Morgan fingerprint density at radius 2 is 0.529 bits per heavy atom. The van der Waals surface area contributed by atoms with Crippen LogP contribution in [0.5, 0.6) is 0 Å². The van der Waals surface area contributed by atoms with Crippen LogP contribution in [0.15, 0.2) is 328 Å². The molecular formula is C91H62IrN8O2-2. The van der Waals surface area contributed by atoms with Gasteiger partial charge < -0.3 is 9.80 Å². The van der Waals surface area contributed by atoms with Crippen molar-refractivity contribution in [1.29, 1.82) is 0 Å². The molecule has 489 valence electrons. The maximum Gasteiger partial charge on any atom is 0.137 e. The number of pyridine rings is 2. The normalized spacial score (nSPS) is 11.1. The van der Waals surface area contributed by atoms with Crippen LogP contribution in [0.2, 0.25) is 0 Å². The maximum absolute atomic E-state index is 10.0. The number of hydrogen-bond donors (Lipinski definition) is 0. The number of carbonyl (C=O) groups is 2. The van der Waals surface area contributed by atoms with Crippen molar-refractivity contribution in [2.45, 2.75) is 20.3 Å². The van der Waals surface area contributed by atoms with Crippen LogP contribution in [0.4, 0.5) is 34.1 Å². The van der Waals surface area contributed by atoms with Gasteiger partial charge in [0.25, 0.3) is 0 Å². The van der Waals surface area contributed by atoms with Crippen LogP contribution in [0.3, 0.4) is 0 Å². The fraction of sp³-hybridized carbons (Fsp3) is 0.0330. The minimum atomic E-state index is -0.0625. The molecule has 0 aliphatic heterocycles. The smallest absolute Gasteiger partial charge is 0.137 e. The van der Waals surface area contributed by atoms with Gasteiger partial charge >= 0.3 is 0 Å². The molecule has 0 aliphatic rings. The summed E-state index contributed by atoms with van der Waals surface area (Å²) in [6.07, 6.45) is 0.0833. The van der Waals surface area contributed by atoms with E-state index in [4.69, 9.17) is 29.9 Å². The third-order valence-electron chi connectivity index (χ3n) is 17.9. The summed E-state index contributed by atoms with van der Waals surface area (Å²) in [6.45, 7) is 2.81. The third-order valence-corrected chi connectivity index (χ3v) is 17.9. The van der Waals surface area contributed by atoms with Gasteiger partial charge in [-0.3, -0.25) is 29.5 Å². The number of benzene rings is 14. The quantitative estimate of drug-likeness (QED) is 0.0592. The number of hydrogen-bond acceptors (Lipinski definition) is 10. The summed E-state index contributed by atoms with van der Waals surface area (Å²) in [6, 6.07) is 120. The molecule has 0 atom stereocenters. The first-order chi connectivity index (χ1) is 49.8. The molecule has 0 saturated heterocycles. The summed E-state index contributed by atoms with van der Waals surface area (Å²) >= 11 is 0. The minimum Gasteiger partial charge on any atom is -0.328 e. The van der Waals surface area contributed by atoms with Crippen molar-refractivity contribution in [3.05, 3.63) is 340 Å². The topological polar surface area (TPSA) is 118 Å².